The second-order valence-corrected chi connectivity index (χ2v) is 9.25. The van der Waals surface area contributed by atoms with Crippen LogP contribution in [0.3, 0.4) is 0 Å². The van der Waals surface area contributed by atoms with Gasteiger partial charge in [-0.3, -0.25) is 9.78 Å². The zero-order chi connectivity index (χ0) is 23.4. The van der Waals surface area contributed by atoms with Crippen LogP contribution < -0.4 is 0 Å². The van der Waals surface area contributed by atoms with Gasteiger partial charge in [0, 0.05) is 42.9 Å². The highest BCUT2D eigenvalue weighted by atomic mass is 35.5. The summed E-state index contributed by atoms with van der Waals surface area (Å²) in [5, 5.41) is 10.0. The fourth-order valence-corrected chi connectivity index (χ4v) is 5.05. The Labute approximate surface area is 199 Å². The molecule has 1 aliphatic rings. The van der Waals surface area contributed by atoms with E-state index in [0.29, 0.717) is 30.8 Å². The topological polar surface area (TPSA) is 53.4 Å². The molecule has 4 nitrogen and oxygen atoms in total. The van der Waals surface area contributed by atoms with Crippen LogP contribution >= 0.6 is 11.6 Å². The molecule has 1 unspecified atom stereocenters. The number of amides is 1. The number of benzene rings is 2. The molecule has 0 bridgehead atoms. The second-order valence-electron chi connectivity index (χ2n) is 8.82. The van der Waals surface area contributed by atoms with E-state index in [1.54, 1.807) is 24.5 Å². The van der Waals surface area contributed by atoms with Crippen LogP contribution in [0.2, 0.25) is 5.02 Å². The van der Waals surface area contributed by atoms with Crippen LogP contribution in [0.1, 0.15) is 49.8 Å². The number of halogens is 2. The lowest BCUT2D eigenvalue weighted by atomic mass is 9.69. The molecule has 2 aromatic carbocycles. The molecule has 1 aliphatic heterocycles. The number of rotatable bonds is 7. The quantitative estimate of drug-likeness (QED) is 0.469. The number of hydrogen-bond donors (Lipinski definition) is 1. The van der Waals surface area contributed by atoms with E-state index in [-0.39, 0.29) is 29.8 Å². The van der Waals surface area contributed by atoms with E-state index < -0.39 is 0 Å². The van der Waals surface area contributed by atoms with E-state index in [4.69, 9.17) is 11.6 Å². The smallest absolute Gasteiger partial charge is 0.223 e. The molecule has 33 heavy (non-hydrogen) atoms. The third-order valence-electron chi connectivity index (χ3n) is 6.81. The third kappa shape index (κ3) is 5.10. The van der Waals surface area contributed by atoms with Gasteiger partial charge in [-0.15, -0.1) is 0 Å². The first-order valence-corrected chi connectivity index (χ1v) is 11.7. The Morgan fingerprint density at radius 2 is 1.85 bits per heavy atom. The number of aromatic nitrogens is 1. The van der Waals surface area contributed by atoms with Gasteiger partial charge in [0.1, 0.15) is 5.82 Å². The summed E-state index contributed by atoms with van der Waals surface area (Å²) >= 11 is 6.06. The molecule has 0 radical (unpaired) electrons. The molecule has 0 aliphatic carbocycles. The summed E-state index contributed by atoms with van der Waals surface area (Å²) in [4.78, 5) is 19.4. The summed E-state index contributed by atoms with van der Waals surface area (Å²) in [6.45, 7) is 2.74. The van der Waals surface area contributed by atoms with Gasteiger partial charge in [-0.05, 0) is 61.1 Å². The summed E-state index contributed by atoms with van der Waals surface area (Å²) in [7, 11) is 0. The largest absolute Gasteiger partial charge is 0.396 e. The van der Waals surface area contributed by atoms with E-state index in [1.807, 2.05) is 42.2 Å². The molecular formula is C27H28ClFN2O2. The number of nitrogens with zero attached hydrogens (tertiary/aromatic N) is 2. The van der Waals surface area contributed by atoms with Gasteiger partial charge in [-0.2, -0.15) is 0 Å². The first kappa shape index (κ1) is 23.4. The molecule has 1 N–H and O–H groups in total. The number of aliphatic hydroxyl groups excluding tert-OH is 1. The van der Waals surface area contributed by atoms with Crippen molar-refractivity contribution < 1.29 is 14.3 Å². The van der Waals surface area contributed by atoms with Crippen molar-refractivity contribution in [3.05, 3.63) is 89.0 Å². The minimum Gasteiger partial charge on any atom is -0.396 e. The number of carbonyl (C=O) groups is 1. The second kappa shape index (κ2) is 10.0. The Hall–Kier alpha value is -2.76. The molecular weight excluding hydrogens is 439 g/mol. The molecule has 0 spiro atoms. The van der Waals surface area contributed by atoms with Crippen LogP contribution in [0.15, 0.2) is 67.0 Å². The maximum atomic E-state index is 13.5. The lowest BCUT2D eigenvalue weighted by Crippen LogP contribution is -2.47. The van der Waals surface area contributed by atoms with Crippen molar-refractivity contribution >= 4 is 17.5 Å². The minimum atomic E-state index is -0.368. The normalized spacial score (nSPS) is 19.5. The molecule has 6 heteroatoms. The predicted octanol–water partition coefficient (Wildman–Crippen LogP) is 5.94. The van der Waals surface area contributed by atoms with Crippen molar-refractivity contribution in [2.75, 3.05) is 13.2 Å². The maximum absolute atomic E-state index is 13.5. The first-order chi connectivity index (χ1) is 15.9. The molecule has 1 fully saturated rings. The molecule has 0 saturated carbocycles. The van der Waals surface area contributed by atoms with Gasteiger partial charge < -0.3 is 10.0 Å². The summed E-state index contributed by atoms with van der Waals surface area (Å²) in [5.41, 5.74) is 3.63. The van der Waals surface area contributed by atoms with Crippen molar-refractivity contribution in [1.29, 1.82) is 0 Å². The number of piperidine rings is 1. The fourth-order valence-electron chi connectivity index (χ4n) is 4.88. The molecule has 1 saturated heterocycles. The predicted molar refractivity (Wildman–Crippen MR) is 128 cm³/mol. The Balaban J connectivity index is 1.51. The van der Waals surface area contributed by atoms with Crippen molar-refractivity contribution in [3.63, 3.8) is 0 Å². The Bertz CT molecular complexity index is 1100. The van der Waals surface area contributed by atoms with Crippen LogP contribution in [0.25, 0.3) is 11.1 Å². The van der Waals surface area contributed by atoms with E-state index in [0.717, 1.165) is 28.7 Å². The summed E-state index contributed by atoms with van der Waals surface area (Å²) in [6, 6.07) is 16.4. The Morgan fingerprint density at radius 3 is 2.48 bits per heavy atom. The Morgan fingerprint density at radius 1 is 1.12 bits per heavy atom. The third-order valence-corrected chi connectivity index (χ3v) is 7.02. The van der Waals surface area contributed by atoms with Crippen LogP contribution in [0, 0.1) is 5.82 Å². The molecule has 1 amide bonds. The number of pyridine rings is 1. The zero-order valence-corrected chi connectivity index (χ0v) is 19.4. The molecule has 172 valence electrons. The highest BCUT2D eigenvalue weighted by Crippen LogP contribution is 2.42. The van der Waals surface area contributed by atoms with Gasteiger partial charge in [0.2, 0.25) is 5.91 Å². The maximum Gasteiger partial charge on any atom is 0.223 e. The summed E-state index contributed by atoms with van der Waals surface area (Å²) < 4.78 is 13.5. The fraction of sp³-hybridized carbons (Fsp3) is 0.333. The van der Waals surface area contributed by atoms with E-state index >= 15 is 0 Å². The zero-order valence-electron chi connectivity index (χ0n) is 18.7. The molecule has 2 heterocycles. The lowest BCUT2D eigenvalue weighted by molar-refractivity contribution is -0.138. The average molecular weight is 467 g/mol. The molecule has 2 atom stereocenters. The van der Waals surface area contributed by atoms with Gasteiger partial charge in [-0.25, -0.2) is 4.39 Å². The van der Waals surface area contributed by atoms with Crippen molar-refractivity contribution in [1.82, 2.24) is 9.88 Å². The van der Waals surface area contributed by atoms with Crippen molar-refractivity contribution in [2.45, 2.75) is 44.1 Å². The highest BCUT2D eigenvalue weighted by molar-refractivity contribution is 6.30. The van der Waals surface area contributed by atoms with E-state index in [2.05, 4.69) is 4.98 Å². The van der Waals surface area contributed by atoms with Crippen LogP contribution in [-0.4, -0.2) is 34.0 Å². The number of likely N-dealkylation sites (tertiary alicyclic amines) is 1. The van der Waals surface area contributed by atoms with Crippen LogP contribution in [0.4, 0.5) is 4.39 Å². The van der Waals surface area contributed by atoms with Gasteiger partial charge in [0.05, 0.1) is 11.1 Å². The van der Waals surface area contributed by atoms with Gasteiger partial charge in [-0.1, -0.05) is 48.0 Å². The summed E-state index contributed by atoms with van der Waals surface area (Å²) in [5.74, 6) is -0.204. The standard InChI is InChI=1S/C27H28ClFN2O2/c1-19(20-3-5-21(6-4-20)22-15-24(28)18-30-17-22)31-13-12-27(11-2-14-32,16-26(31)33)23-7-9-25(29)10-8-23/h3-10,15,17-19,32H,2,11-14,16H2,1H3/t19-,27?/m0/s1. The SMILES string of the molecule is C[C@@H](c1ccc(-c2cncc(Cl)c2)cc1)N1CCC(CCCO)(c2ccc(F)cc2)CC1=O. The van der Waals surface area contributed by atoms with Gasteiger partial charge >= 0.3 is 0 Å². The van der Waals surface area contributed by atoms with Crippen LogP contribution in [-0.2, 0) is 10.2 Å². The van der Waals surface area contributed by atoms with E-state index in [1.165, 1.54) is 12.1 Å². The highest BCUT2D eigenvalue weighted by Gasteiger charge is 2.41. The van der Waals surface area contributed by atoms with E-state index in [9.17, 15) is 14.3 Å². The molecule has 3 aromatic rings. The van der Waals surface area contributed by atoms with Gasteiger partial charge in [0.15, 0.2) is 0 Å². The molecule has 4 rings (SSSR count). The molecule has 1 aromatic heterocycles. The monoisotopic (exact) mass is 466 g/mol. The van der Waals surface area contributed by atoms with Crippen molar-refractivity contribution in [2.24, 2.45) is 0 Å². The Kier molecular flexibility index (Phi) is 7.11. The van der Waals surface area contributed by atoms with Crippen molar-refractivity contribution in [3.8, 4) is 11.1 Å². The van der Waals surface area contributed by atoms with Crippen LogP contribution in [0.5, 0.6) is 0 Å². The minimum absolute atomic E-state index is 0.0619. The lowest BCUT2D eigenvalue weighted by Gasteiger charge is -2.44. The van der Waals surface area contributed by atoms with Gasteiger partial charge in [0.25, 0.3) is 0 Å². The first-order valence-electron chi connectivity index (χ1n) is 11.3. The summed E-state index contributed by atoms with van der Waals surface area (Å²) in [6.07, 6.45) is 5.83. The number of hydrogen-bond acceptors (Lipinski definition) is 3. The number of carbonyl (C=O) groups excluding carboxylic acids is 1. The average Bonchev–Trinajstić information content (AvgIpc) is 2.83. The number of aliphatic hydroxyl groups is 1.